The number of benzene rings is 1. The van der Waals surface area contributed by atoms with E-state index in [2.05, 4.69) is 4.90 Å². The number of hydrogen-bond donors (Lipinski definition) is 0. The molecule has 1 heterocycles. The van der Waals surface area contributed by atoms with Gasteiger partial charge in [-0.15, -0.1) is 0 Å². The van der Waals surface area contributed by atoms with E-state index in [1.807, 2.05) is 37.4 Å². The molecule has 0 bridgehead atoms. The van der Waals surface area contributed by atoms with Crippen LogP contribution >= 0.6 is 0 Å². The number of ketones is 1. The van der Waals surface area contributed by atoms with Crippen LogP contribution in [0.5, 0.6) is 0 Å². The first-order valence-corrected chi connectivity index (χ1v) is 7.93. The Morgan fingerprint density at radius 3 is 2.76 bits per heavy atom. The monoisotopic (exact) mass is 285 g/mol. The van der Waals surface area contributed by atoms with Crippen LogP contribution in [0.25, 0.3) is 11.0 Å². The lowest BCUT2D eigenvalue weighted by molar-refractivity contribution is 0.0907. The van der Waals surface area contributed by atoms with E-state index < -0.39 is 0 Å². The molecule has 1 aliphatic rings. The predicted molar refractivity (Wildman–Crippen MR) is 84.6 cm³/mol. The molecule has 1 aromatic heterocycles. The van der Waals surface area contributed by atoms with Crippen LogP contribution in [-0.4, -0.2) is 30.8 Å². The molecule has 0 atom stereocenters. The molecule has 3 rings (SSSR count). The Balaban J connectivity index is 1.59. The number of carbonyl (C=O) groups excluding carboxylic acids is 1. The predicted octanol–water partition coefficient (Wildman–Crippen LogP) is 4.13. The number of fused-ring (bicyclic) bond motifs is 1. The van der Waals surface area contributed by atoms with Crippen LogP contribution in [0.4, 0.5) is 0 Å². The Kier molecular flexibility index (Phi) is 4.39. The lowest BCUT2D eigenvalue weighted by atomic mass is 9.89. The fraction of sp³-hybridized carbons (Fsp3) is 0.500. The topological polar surface area (TPSA) is 33.5 Å². The highest BCUT2D eigenvalue weighted by Crippen LogP contribution is 2.24. The first-order chi connectivity index (χ1) is 10.2. The minimum Gasteiger partial charge on any atom is -0.453 e. The van der Waals surface area contributed by atoms with E-state index in [1.165, 1.54) is 32.1 Å². The number of hydrogen-bond acceptors (Lipinski definition) is 3. The van der Waals surface area contributed by atoms with Crippen LogP contribution in [0.1, 0.15) is 42.7 Å². The lowest BCUT2D eigenvalue weighted by Gasteiger charge is -2.26. The smallest absolute Gasteiger partial charge is 0.211 e. The molecule has 2 aromatic rings. The normalized spacial score (nSPS) is 16.7. The highest BCUT2D eigenvalue weighted by atomic mass is 16.3. The van der Waals surface area contributed by atoms with Gasteiger partial charge in [-0.1, -0.05) is 37.5 Å². The van der Waals surface area contributed by atoms with Gasteiger partial charge in [0.05, 0.1) is 6.54 Å². The van der Waals surface area contributed by atoms with Crippen LogP contribution in [0.2, 0.25) is 0 Å². The molecule has 1 aliphatic carbocycles. The van der Waals surface area contributed by atoms with Gasteiger partial charge in [0.2, 0.25) is 5.78 Å². The zero-order chi connectivity index (χ0) is 14.7. The average Bonchev–Trinajstić information content (AvgIpc) is 2.92. The van der Waals surface area contributed by atoms with Gasteiger partial charge in [-0.3, -0.25) is 9.69 Å². The summed E-state index contributed by atoms with van der Waals surface area (Å²) in [6.45, 7) is 1.46. The Morgan fingerprint density at radius 2 is 2.00 bits per heavy atom. The highest BCUT2D eigenvalue weighted by molar-refractivity contribution is 5.98. The van der Waals surface area contributed by atoms with Crippen molar-refractivity contribution in [2.24, 2.45) is 5.92 Å². The van der Waals surface area contributed by atoms with Crippen molar-refractivity contribution in [2.45, 2.75) is 32.1 Å². The molecule has 0 radical (unpaired) electrons. The third kappa shape index (κ3) is 3.53. The summed E-state index contributed by atoms with van der Waals surface area (Å²) in [4.78, 5) is 14.5. The van der Waals surface area contributed by atoms with Crippen LogP contribution in [0.3, 0.4) is 0 Å². The Bertz CT molecular complexity index is 577. The lowest BCUT2D eigenvalue weighted by Crippen LogP contribution is -2.31. The maximum atomic E-state index is 12.3. The van der Waals surface area contributed by atoms with Crippen molar-refractivity contribution in [3.8, 4) is 0 Å². The summed E-state index contributed by atoms with van der Waals surface area (Å²) >= 11 is 0. The fourth-order valence-electron chi connectivity index (χ4n) is 3.32. The molecule has 21 heavy (non-hydrogen) atoms. The van der Waals surface area contributed by atoms with E-state index in [0.717, 1.165) is 23.4 Å². The molecule has 3 heteroatoms. The van der Waals surface area contributed by atoms with E-state index in [4.69, 9.17) is 4.42 Å². The van der Waals surface area contributed by atoms with Crippen LogP contribution in [0.15, 0.2) is 34.7 Å². The molecule has 1 fully saturated rings. The van der Waals surface area contributed by atoms with Gasteiger partial charge in [0.1, 0.15) is 5.58 Å². The van der Waals surface area contributed by atoms with Crippen LogP contribution < -0.4 is 0 Å². The molecule has 3 nitrogen and oxygen atoms in total. The molecule has 0 amide bonds. The minimum absolute atomic E-state index is 0.0736. The summed E-state index contributed by atoms with van der Waals surface area (Å²) in [5, 5.41) is 0.996. The molecule has 112 valence electrons. The molecule has 0 saturated heterocycles. The van der Waals surface area contributed by atoms with Gasteiger partial charge >= 0.3 is 0 Å². The molecule has 0 N–H and O–H groups in total. The SMILES string of the molecule is CN(CC(=O)c1cc2ccccc2o1)CC1CCCCC1. The second-order valence-corrected chi connectivity index (χ2v) is 6.27. The number of para-hydroxylation sites is 1. The molecule has 0 aliphatic heterocycles. The summed E-state index contributed by atoms with van der Waals surface area (Å²) in [6.07, 6.45) is 6.68. The number of nitrogens with zero attached hydrogens (tertiary/aromatic N) is 1. The first-order valence-electron chi connectivity index (χ1n) is 7.93. The summed E-state index contributed by atoms with van der Waals surface area (Å²) < 4.78 is 5.64. The first kappa shape index (κ1) is 14.3. The van der Waals surface area contributed by atoms with Gasteiger partial charge in [0.15, 0.2) is 5.76 Å². The Hall–Kier alpha value is -1.61. The molecule has 0 spiro atoms. The molecular weight excluding hydrogens is 262 g/mol. The number of Topliss-reactive ketones (excluding diaryl/α,β-unsaturated/α-hetero) is 1. The minimum atomic E-state index is 0.0736. The fourth-order valence-corrected chi connectivity index (χ4v) is 3.32. The van der Waals surface area contributed by atoms with Gasteiger partial charge in [-0.05, 0) is 37.9 Å². The third-order valence-corrected chi connectivity index (χ3v) is 4.41. The van der Waals surface area contributed by atoms with E-state index >= 15 is 0 Å². The number of rotatable bonds is 5. The van der Waals surface area contributed by atoms with Gasteiger partial charge in [-0.2, -0.15) is 0 Å². The largest absolute Gasteiger partial charge is 0.453 e. The summed E-state index contributed by atoms with van der Waals surface area (Å²) in [5.74, 6) is 1.31. The number of likely N-dealkylation sites (N-methyl/N-ethyl adjacent to an activating group) is 1. The Morgan fingerprint density at radius 1 is 1.24 bits per heavy atom. The molecule has 1 saturated carbocycles. The van der Waals surface area contributed by atoms with Gasteiger partial charge < -0.3 is 4.42 Å². The van der Waals surface area contributed by atoms with Crippen LogP contribution in [-0.2, 0) is 0 Å². The average molecular weight is 285 g/mol. The second-order valence-electron chi connectivity index (χ2n) is 6.27. The summed E-state index contributed by atoms with van der Waals surface area (Å²) in [6, 6.07) is 9.61. The highest BCUT2D eigenvalue weighted by Gasteiger charge is 2.19. The van der Waals surface area contributed by atoms with Crippen molar-refractivity contribution in [3.05, 3.63) is 36.1 Å². The standard InChI is InChI=1S/C18H23NO2/c1-19(12-14-7-3-2-4-8-14)13-16(20)18-11-15-9-5-6-10-17(15)21-18/h5-6,9-11,14H,2-4,7-8,12-13H2,1H3. The van der Waals surface area contributed by atoms with Gasteiger partial charge in [0.25, 0.3) is 0 Å². The van der Waals surface area contributed by atoms with E-state index in [-0.39, 0.29) is 5.78 Å². The van der Waals surface area contributed by atoms with E-state index in [0.29, 0.717) is 12.3 Å². The number of furan rings is 1. The van der Waals surface area contributed by atoms with Crippen molar-refractivity contribution in [1.29, 1.82) is 0 Å². The van der Waals surface area contributed by atoms with Crippen LogP contribution in [0, 0.1) is 5.92 Å². The van der Waals surface area contributed by atoms with Crippen molar-refractivity contribution >= 4 is 16.8 Å². The quantitative estimate of drug-likeness (QED) is 0.775. The number of carbonyl (C=O) groups is 1. The molecular formula is C18H23NO2. The van der Waals surface area contributed by atoms with Crippen molar-refractivity contribution < 1.29 is 9.21 Å². The molecule has 1 aromatic carbocycles. The summed E-state index contributed by atoms with van der Waals surface area (Å²) in [7, 11) is 2.04. The third-order valence-electron chi connectivity index (χ3n) is 4.41. The van der Waals surface area contributed by atoms with E-state index in [9.17, 15) is 4.79 Å². The molecule has 0 unspecified atom stereocenters. The zero-order valence-electron chi connectivity index (χ0n) is 12.7. The summed E-state index contributed by atoms with van der Waals surface area (Å²) in [5.41, 5.74) is 0.788. The van der Waals surface area contributed by atoms with Gasteiger partial charge in [-0.25, -0.2) is 0 Å². The van der Waals surface area contributed by atoms with Crippen molar-refractivity contribution in [2.75, 3.05) is 20.1 Å². The Labute approximate surface area is 125 Å². The van der Waals surface area contributed by atoms with Crippen molar-refractivity contribution in [1.82, 2.24) is 4.90 Å². The van der Waals surface area contributed by atoms with Gasteiger partial charge in [0, 0.05) is 11.9 Å². The second kappa shape index (κ2) is 6.44. The van der Waals surface area contributed by atoms with E-state index in [1.54, 1.807) is 0 Å². The zero-order valence-corrected chi connectivity index (χ0v) is 12.7. The maximum absolute atomic E-state index is 12.3. The maximum Gasteiger partial charge on any atom is 0.211 e. The van der Waals surface area contributed by atoms with Crippen molar-refractivity contribution in [3.63, 3.8) is 0 Å².